The Morgan fingerprint density at radius 2 is 1.41 bits per heavy atom. The van der Waals surface area contributed by atoms with E-state index in [-0.39, 0.29) is 13.2 Å². The summed E-state index contributed by atoms with van der Waals surface area (Å²) in [5.74, 6) is 0. The van der Waals surface area contributed by atoms with Crippen LogP contribution >= 0.6 is 0 Å². The molecule has 1 fully saturated rings. The highest BCUT2D eigenvalue weighted by Crippen LogP contribution is 2.16. The van der Waals surface area contributed by atoms with Gasteiger partial charge in [-0.1, -0.05) is 70.4 Å². The van der Waals surface area contributed by atoms with Crippen molar-refractivity contribution in [2.75, 3.05) is 19.8 Å². The number of hydrogen-bond donors (Lipinski definition) is 3. The second kappa shape index (κ2) is 16.5. The average Bonchev–Trinajstić information content (AvgIpc) is 2.67. The average molecular weight is 387 g/mol. The summed E-state index contributed by atoms with van der Waals surface area (Å²) in [6.45, 7) is 3.14. The molecule has 0 aromatic heterocycles. The Labute approximate surface area is 165 Å². The van der Waals surface area contributed by atoms with Crippen molar-refractivity contribution in [1.29, 1.82) is 0 Å². The second-order valence-electron chi connectivity index (χ2n) is 7.73. The van der Waals surface area contributed by atoms with Crippen molar-refractivity contribution in [1.82, 2.24) is 0 Å². The molecule has 0 saturated carbocycles. The molecule has 1 rings (SSSR count). The fourth-order valence-corrected chi connectivity index (χ4v) is 3.32. The zero-order valence-corrected chi connectivity index (χ0v) is 17.2. The summed E-state index contributed by atoms with van der Waals surface area (Å²) in [6.07, 6.45) is 16.1. The first-order chi connectivity index (χ1) is 13.2. The molecule has 0 aromatic carbocycles. The van der Waals surface area contributed by atoms with Crippen molar-refractivity contribution in [3.63, 3.8) is 0 Å². The molecule has 0 spiro atoms. The molecule has 1 aliphatic heterocycles. The fourth-order valence-electron chi connectivity index (χ4n) is 3.32. The lowest BCUT2D eigenvalue weighted by atomic mass is 10.0. The van der Waals surface area contributed by atoms with Crippen LogP contribution in [0.25, 0.3) is 0 Å². The van der Waals surface area contributed by atoms with Crippen LogP contribution in [0, 0.1) is 0 Å². The topological polar surface area (TPSA) is 79.2 Å². The first-order valence-corrected chi connectivity index (χ1v) is 11.0. The van der Waals surface area contributed by atoms with E-state index in [9.17, 15) is 15.3 Å². The van der Waals surface area contributed by atoms with Crippen LogP contribution in [0.3, 0.4) is 0 Å². The number of rotatable bonds is 16. The molecule has 0 bridgehead atoms. The normalized spacial score (nSPS) is 26.1. The molecule has 0 aliphatic carbocycles. The van der Waals surface area contributed by atoms with Gasteiger partial charge in [0.25, 0.3) is 0 Å². The van der Waals surface area contributed by atoms with Gasteiger partial charge < -0.3 is 24.8 Å². The van der Waals surface area contributed by atoms with Crippen molar-refractivity contribution in [2.24, 2.45) is 0 Å². The van der Waals surface area contributed by atoms with Crippen LogP contribution in [0.2, 0.25) is 0 Å². The lowest BCUT2D eigenvalue weighted by molar-refractivity contribution is -0.199. The smallest absolute Gasteiger partial charge is 0.111 e. The van der Waals surface area contributed by atoms with E-state index in [2.05, 4.69) is 19.1 Å². The highest BCUT2D eigenvalue weighted by Gasteiger charge is 2.37. The Hall–Kier alpha value is -0.460. The molecule has 3 N–H and O–H groups in total. The highest BCUT2D eigenvalue weighted by molar-refractivity contribution is 4.86. The van der Waals surface area contributed by atoms with Gasteiger partial charge >= 0.3 is 0 Å². The lowest BCUT2D eigenvalue weighted by Crippen LogP contribution is -2.54. The number of allylic oxidation sites excluding steroid dienone is 2. The van der Waals surface area contributed by atoms with E-state index in [4.69, 9.17) is 9.47 Å². The summed E-state index contributed by atoms with van der Waals surface area (Å²) in [5, 5.41) is 28.8. The molecular formula is C22H42O5. The Morgan fingerprint density at radius 3 is 2.07 bits per heavy atom. The van der Waals surface area contributed by atoms with Gasteiger partial charge in [-0.05, 0) is 25.7 Å². The van der Waals surface area contributed by atoms with Crippen LogP contribution < -0.4 is 0 Å². The number of aliphatic hydroxyl groups is 3. The van der Waals surface area contributed by atoms with Gasteiger partial charge in [-0.25, -0.2) is 0 Å². The molecule has 0 unspecified atom stereocenters. The summed E-state index contributed by atoms with van der Waals surface area (Å²) in [7, 11) is 0. The molecule has 1 heterocycles. The molecule has 4 atom stereocenters. The molecule has 160 valence electrons. The first-order valence-electron chi connectivity index (χ1n) is 11.0. The Morgan fingerprint density at radius 1 is 0.815 bits per heavy atom. The van der Waals surface area contributed by atoms with E-state index < -0.39 is 24.4 Å². The molecule has 1 aliphatic rings. The zero-order chi connectivity index (χ0) is 19.7. The predicted octanol–water partition coefficient (Wildman–Crippen LogP) is 3.74. The summed E-state index contributed by atoms with van der Waals surface area (Å²) in [6, 6.07) is 0. The lowest BCUT2D eigenvalue weighted by Gasteiger charge is -2.35. The summed E-state index contributed by atoms with van der Waals surface area (Å²) in [5.41, 5.74) is 0. The monoisotopic (exact) mass is 386 g/mol. The summed E-state index contributed by atoms with van der Waals surface area (Å²) >= 11 is 0. The molecular weight excluding hydrogens is 344 g/mol. The van der Waals surface area contributed by atoms with Gasteiger partial charge in [-0.3, -0.25) is 0 Å². The predicted molar refractivity (Wildman–Crippen MR) is 109 cm³/mol. The van der Waals surface area contributed by atoms with Crippen molar-refractivity contribution in [3.8, 4) is 0 Å². The van der Waals surface area contributed by atoms with Gasteiger partial charge in [0.15, 0.2) is 0 Å². The Kier molecular flexibility index (Phi) is 15.0. The number of ether oxygens (including phenoxy) is 2. The van der Waals surface area contributed by atoms with Gasteiger partial charge in [0, 0.05) is 6.61 Å². The van der Waals surface area contributed by atoms with Gasteiger partial charge in [0.2, 0.25) is 0 Å². The molecule has 5 nitrogen and oxygen atoms in total. The van der Waals surface area contributed by atoms with Gasteiger partial charge in [0.05, 0.1) is 13.2 Å². The Balaban J connectivity index is 1.84. The molecule has 0 aromatic rings. The van der Waals surface area contributed by atoms with Crippen LogP contribution in [0.1, 0.15) is 84.0 Å². The maximum Gasteiger partial charge on any atom is 0.111 e. The molecule has 0 radical (unpaired) electrons. The number of aliphatic hydroxyl groups excluding tert-OH is 3. The zero-order valence-electron chi connectivity index (χ0n) is 17.2. The molecule has 5 heteroatoms. The first kappa shape index (κ1) is 24.6. The van der Waals surface area contributed by atoms with Crippen molar-refractivity contribution in [3.05, 3.63) is 12.2 Å². The minimum atomic E-state index is -1.16. The standard InChI is InChI=1S/C22H42O5/c1-2-3-4-5-6-7-8-9-10-11-12-13-14-15-16-26-18-20-22(25)21(24)19(23)17-27-20/h12-13,19-25H,2-11,14-18H2,1H3/b13-12+/t19-,20+,21+,22+/m0/s1. The van der Waals surface area contributed by atoms with Crippen LogP contribution in [0.15, 0.2) is 12.2 Å². The van der Waals surface area contributed by atoms with E-state index in [0.29, 0.717) is 6.61 Å². The largest absolute Gasteiger partial charge is 0.388 e. The quantitative estimate of drug-likeness (QED) is 0.278. The second-order valence-corrected chi connectivity index (χ2v) is 7.73. The van der Waals surface area contributed by atoms with E-state index in [1.54, 1.807) is 0 Å². The molecule has 27 heavy (non-hydrogen) atoms. The van der Waals surface area contributed by atoms with Crippen molar-refractivity contribution < 1.29 is 24.8 Å². The Bertz CT molecular complexity index is 361. The minimum absolute atomic E-state index is 0.0356. The highest BCUT2D eigenvalue weighted by atomic mass is 16.6. The van der Waals surface area contributed by atoms with E-state index in [1.165, 1.54) is 64.2 Å². The van der Waals surface area contributed by atoms with E-state index >= 15 is 0 Å². The van der Waals surface area contributed by atoms with Crippen LogP contribution in [0.4, 0.5) is 0 Å². The molecule has 0 amide bonds. The third kappa shape index (κ3) is 11.9. The van der Waals surface area contributed by atoms with E-state index in [1.807, 2.05) is 0 Å². The minimum Gasteiger partial charge on any atom is -0.388 e. The van der Waals surface area contributed by atoms with Crippen LogP contribution in [-0.2, 0) is 9.47 Å². The third-order valence-electron chi connectivity index (χ3n) is 5.19. The van der Waals surface area contributed by atoms with E-state index in [0.717, 1.165) is 12.8 Å². The van der Waals surface area contributed by atoms with Gasteiger partial charge in [-0.2, -0.15) is 0 Å². The molecule has 1 saturated heterocycles. The van der Waals surface area contributed by atoms with Crippen LogP contribution in [0.5, 0.6) is 0 Å². The van der Waals surface area contributed by atoms with Gasteiger partial charge in [0.1, 0.15) is 24.4 Å². The van der Waals surface area contributed by atoms with Crippen LogP contribution in [-0.4, -0.2) is 59.6 Å². The third-order valence-corrected chi connectivity index (χ3v) is 5.19. The fraction of sp³-hybridized carbons (Fsp3) is 0.909. The number of unbranched alkanes of at least 4 members (excludes halogenated alkanes) is 10. The van der Waals surface area contributed by atoms with Crippen molar-refractivity contribution >= 4 is 0 Å². The van der Waals surface area contributed by atoms with Gasteiger partial charge in [-0.15, -0.1) is 0 Å². The maximum absolute atomic E-state index is 9.81. The van der Waals surface area contributed by atoms with Crippen molar-refractivity contribution in [2.45, 2.75) is 108 Å². The number of hydrogen-bond acceptors (Lipinski definition) is 5. The summed E-state index contributed by atoms with van der Waals surface area (Å²) < 4.78 is 10.8. The summed E-state index contributed by atoms with van der Waals surface area (Å²) in [4.78, 5) is 0. The SMILES string of the molecule is CCCCCCCCCCC/C=C/CCCOC[C@H]1OC[C@H](O)[C@@H](O)[C@@H]1O. The maximum atomic E-state index is 9.81.